The Balaban J connectivity index is 1.58. The number of nitrogens with one attached hydrogen (secondary N) is 1. The summed E-state index contributed by atoms with van der Waals surface area (Å²) in [6.45, 7) is 3.25. The van der Waals surface area contributed by atoms with E-state index in [1.807, 2.05) is 30.3 Å². The number of morpholine rings is 1. The molecule has 28 heavy (non-hydrogen) atoms. The zero-order valence-corrected chi connectivity index (χ0v) is 16.7. The molecule has 0 bridgehead atoms. The smallest absolute Gasteiger partial charge is 0.243 e. The highest BCUT2D eigenvalue weighted by atomic mass is 32.2. The lowest BCUT2D eigenvalue weighted by Crippen LogP contribution is -2.40. The minimum absolute atomic E-state index is 0.0859. The third-order valence-corrected chi connectivity index (χ3v) is 7.59. The standard InChI is InChI=1S/C21H24N2O4S/c1-16-7-8-18(15-19(16)28(25,26)23-11-13-27-14-12-23)22-20(24)21(9-10-21)17-5-3-2-4-6-17/h2-8,15H,9-14H2,1H3,(H,22,24). The summed E-state index contributed by atoms with van der Waals surface area (Å²) in [5.41, 5.74) is 1.66. The number of anilines is 1. The first kappa shape index (κ1) is 19.1. The molecule has 2 fully saturated rings. The zero-order chi connectivity index (χ0) is 19.8. The molecule has 1 saturated heterocycles. The van der Waals surface area contributed by atoms with Crippen LogP contribution in [0.3, 0.4) is 0 Å². The Kier molecular flexibility index (Phi) is 4.99. The van der Waals surface area contributed by atoms with Crippen LogP contribution in [-0.2, 0) is 25.0 Å². The van der Waals surface area contributed by atoms with Gasteiger partial charge in [-0.3, -0.25) is 4.79 Å². The number of hydrogen-bond donors (Lipinski definition) is 1. The van der Waals surface area contributed by atoms with Crippen LogP contribution in [0, 0.1) is 6.92 Å². The fraction of sp³-hybridized carbons (Fsp3) is 0.381. The molecule has 2 aromatic carbocycles. The van der Waals surface area contributed by atoms with E-state index < -0.39 is 15.4 Å². The Morgan fingerprint density at radius 3 is 2.39 bits per heavy atom. The number of nitrogens with zero attached hydrogens (tertiary/aromatic N) is 1. The van der Waals surface area contributed by atoms with Crippen molar-refractivity contribution < 1.29 is 17.9 Å². The number of aryl methyl sites for hydroxylation is 1. The lowest BCUT2D eigenvalue weighted by Gasteiger charge is -2.27. The second kappa shape index (κ2) is 7.31. The fourth-order valence-corrected chi connectivity index (χ4v) is 5.32. The topological polar surface area (TPSA) is 75.7 Å². The molecule has 0 radical (unpaired) electrons. The Morgan fingerprint density at radius 1 is 1.07 bits per heavy atom. The molecule has 1 saturated carbocycles. The third kappa shape index (κ3) is 3.45. The largest absolute Gasteiger partial charge is 0.379 e. The Labute approximate surface area is 165 Å². The minimum atomic E-state index is -3.62. The maximum Gasteiger partial charge on any atom is 0.243 e. The van der Waals surface area contributed by atoms with Gasteiger partial charge in [0.05, 0.1) is 23.5 Å². The molecule has 148 valence electrons. The van der Waals surface area contributed by atoms with Gasteiger partial charge in [-0.15, -0.1) is 0 Å². The van der Waals surface area contributed by atoms with E-state index in [0.717, 1.165) is 18.4 Å². The van der Waals surface area contributed by atoms with Crippen molar-refractivity contribution >= 4 is 21.6 Å². The highest BCUT2D eigenvalue weighted by Crippen LogP contribution is 2.49. The summed E-state index contributed by atoms with van der Waals surface area (Å²) in [6, 6.07) is 14.8. The summed E-state index contributed by atoms with van der Waals surface area (Å²) in [4.78, 5) is 13.2. The van der Waals surface area contributed by atoms with Crippen molar-refractivity contribution in [2.24, 2.45) is 0 Å². The van der Waals surface area contributed by atoms with Crippen molar-refractivity contribution in [1.82, 2.24) is 4.31 Å². The number of amides is 1. The molecule has 0 aromatic heterocycles. The molecule has 4 rings (SSSR count). The summed E-state index contributed by atoms with van der Waals surface area (Å²) in [5, 5.41) is 2.94. The lowest BCUT2D eigenvalue weighted by molar-refractivity contribution is -0.118. The van der Waals surface area contributed by atoms with E-state index in [1.54, 1.807) is 25.1 Å². The molecular weight excluding hydrogens is 376 g/mol. The average molecular weight is 401 g/mol. The van der Waals surface area contributed by atoms with Crippen LogP contribution in [0.4, 0.5) is 5.69 Å². The van der Waals surface area contributed by atoms with E-state index in [9.17, 15) is 13.2 Å². The SMILES string of the molecule is Cc1ccc(NC(=O)C2(c3ccccc3)CC2)cc1S(=O)(=O)N1CCOCC1. The minimum Gasteiger partial charge on any atom is -0.379 e. The molecule has 1 heterocycles. The van der Waals surface area contributed by atoms with Gasteiger partial charge in [0.15, 0.2) is 0 Å². The van der Waals surface area contributed by atoms with Crippen LogP contribution in [0.1, 0.15) is 24.0 Å². The summed E-state index contributed by atoms with van der Waals surface area (Å²) in [7, 11) is -3.62. The van der Waals surface area contributed by atoms with Gasteiger partial charge < -0.3 is 10.1 Å². The van der Waals surface area contributed by atoms with Crippen LogP contribution >= 0.6 is 0 Å². The first-order valence-electron chi connectivity index (χ1n) is 9.49. The molecule has 7 heteroatoms. The quantitative estimate of drug-likeness (QED) is 0.837. The summed E-state index contributed by atoms with van der Waals surface area (Å²) < 4.78 is 32.8. The maximum absolute atomic E-state index is 13.0. The van der Waals surface area contributed by atoms with Crippen LogP contribution < -0.4 is 5.32 Å². The van der Waals surface area contributed by atoms with E-state index >= 15 is 0 Å². The van der Waals surface area contributed by atoms with Crippen molar-refractivity contribution in [2.45, 2.75) is 30.1 Å². The molecule has 1 N–H and O–H groups in total. The average Bonchev–Trinajstić information content (AvgIpc) is 3.53. The van der Waals surface area contributed by atoms with Gasteiger partial charge in [-0.2, -0.15) is 4.31 Å². The number of ether oxygens (including phenoxy) is 1. The van der Waals surface area contributed by atoms with Crippen molar-refractivity contribution in [1.29, 1.82) is 0 Å². The molecule has 1 amide bonds. The van der Waals surface area contributed by atoms with Crippen LogP contribution in [0.25, 0.3) is 0 Å². The van der Waals surface area contributed by atoms with Crippen LogP contribution in [0.2, 0.25) is 0 Å². The normalized spacial score (nSPS) is 19.2. The lowest BCUT2D eigenvalue weighted by atomic mass is 9.95. The maximum atomic E-state index is 13.0. The first-order valence-corrected chi connectivity index (χ1v) is 10.9. The van der Waals surface area contributed by atoms with E-state index in [4.69, 9.17) is 4.74 Å². The highest BCUT2D eigenvalue weighted by Gasteiger charge is 2.51. The molecule has 0 atom stereocenters. The summed E-state index contributed by atoms with van der Waals surface area (Å²) in [5.74, 6) is -0.0859. The third-order valence-electron chi connectivity index (χ3n) is 5.54. The number of hydrogen-bond acceptors (Lipinski definition) is 4. The fourth-order valence-electron chi connectivity index (χ4n) is 3.66. The van der Waals surface area contributed by atoms with E-state index in [-0.39, 0.29) is 10.8 Å². The Bertz CT molecular complexity index is 979. The molecule has 2 aromatic rings. The van der Waals surface area contributed by atoms with Crippen molar-refractivity contribution in [3.05, 3.63) is 59.7 Å². The van der Waals surface area contributed by atoms with Crippen LogP contribution in [-0.4, -0.2) is 44.9 Å². The van der Waals surface area contributed by atoms with Crippen molar-refractivity contribution in [2.75, 3.05) is 31.6 Å². The van der Waals surface area contributed by atoms with Gasteiger partial charge in [0.1, 0.15) is 0 Å². The van der Waals surface area contributed by atoms with Gasteiger partial charge in [-0.1, -0.05) is 36.4 Å². The molecule has 6 nitrogen and oxygen atoms in total. The first-order chi connectivity index (χ1) is 13.4. The van der Waals surface area contributed by atoms with Crippen LogP contribution in [0.15, 0.2) is 53.4 Å². The van der Waals surface area contributed by atoms with Gasteiger partial charge in [-0.05, 0) is 43.0 Å². The van der Waals surface area contributed by atoms with Gasteiger partial charge in [-0.25, -0.2) is 8.42 Å². The second-order valence-electron chi connectivity index (χ2n) is 7.40. The molecule has 0 spiro atoms. The van der Waals surface area contributed by atoms with Gasteiger partial charge in [0.25, 0.3) is 0 Å². The predicted molar refractivity (Wildman–Crippen MR) is 107 cm³/mol. The second-order valence-corrected chi connectivity index (χ2v) is 9.31. The predicted octanol–water partition coefficient (Wildman–Crippen LogP) is 2.69. The monoisotopic (exact) mass is 400 g/mol. The number of rotatable bonds is 5. The zero-order valence-electron chi connectivity index (χ0n) is 15.8. The number of benzene rings is 2. The van der Waals surface area contributed by atoms with Crippen molar-refractivity contribution in [3.8, 4) is 0 Å². The number of sulfonamides is 1. The van der Waals surface area contributed by atoms with E-state index in [2.05, 4.69) is 5.32 Å². The Morgan fingerprint density at radius 2 is 1.75 bits per heavy atom. The van der Waals surface area contributed by atoms with Crippen molar-refractivity contribution in [3.63, 3.8) is 0 Å². The molecule has 0 unspecified atom stereocenters. The van der Waals surface area contributed by atoms with Gasteiger partial charge in [0, 0.05) is 18.8 Å². The Hall–Kier alpha value is -2.22. The molecular formula is C21H24N2O4S. The molecule has 2 aliphatic rings. The van der Waals surface area contributed by atoms with E-state index in [0.29, 0.717) is 37.6 Å². The van der Waals surface area contributed by atoms with Crippen LogP contribution in [0.5, 0.6) is 0 Å². The van der Waals surface area contributed by atoms with Gasteiger partial charge >= 0.3 is 0 Å². The number of carbonyl (C=O) groups is 1. The van der Waals surface area contributed by atoms with Gasteiger partial charge in [0.2, 0.25) is 15.9 Å². The van der Waals surface area contributed by atoms with E-state index in [1.165, 1.54) is 4.31 Å². The number of carbonyl (C=O) groups excluding carboxylic acids is 1. The summed E-state index contributed by atoms with van der Waals surface area (Å²) >= 11 is 0. The molecule has 1 aliphatic heterocycles. The summed E-state index contributed by atoms with van der Waals surface area (Å²) in [6.07, 6.45) is 1.60. The molecule has 1 aliphatic carbocycles. The highest BCUT2D eigenvalue weighted by molar-refractivity contribution is 7.89.